The number of aliphatic hydroxyl groups is 3. The lowest BCUT2D eigenvalue weighted by Gasteiger charge is -2.23. The molecule has 622 valence electrons. The fraction of sp³-hybridized carbons (Fsp3) is 0.588. The van der Waals surface area contributed by atoms with Crippen molar-refractivity contribution in [2.75, 3.05) is 66.0 Å². The standard InChI is InChI=1S/C20H27NO5.C20H26O6S2.C13H15NO3.C10H20O3.C7H12O2.C6H14O2.4CH3I/c1-14(10-11-17(22)26-20(2,3)4)18(23)21-16(13-25-19(21)24)12-15-8-6-5-7-9-15;1-16-6-10-19(11-7-16)27(21,22)25-14-4-5-18(3)15-26-28(23,24)20-12-8-17(2)9-13-20;1-2-12(15)14-11(9-17-13(14)16)8-10-6-4-3-5-7-10;1-8(7-11)5-6-9(12)13-10(2,3)4;1-5-6(8)9-7(2,3)4;1-6(5-8)3-2-4-7;4*1-2/h5-9,14,16H,10-13H2,1-4H3;6-13,18H,4-5,14-15H2,1-3H3;3-7,11H,2,8-9H2,1H3;8,11H,5-7H2,1-4H3;5H,1H2,2-4H3;6-8H,2-5H2,1H3;4*1H3/t14-,16+;18-;11-;8-;;6-;;;;/m1101.1..../s1. The zero-order valence-electron chi connectivity index (χ0n) is 67.8. The topological polar surface area (TPSA) is 320 Å². The van der Waals surface area contributed by atoms with Gasteiger partial charge in [0.25, 0.3) is 20.2 Å². The molecule has 2 fully saturated rings. The molecule has 0 unspecified atom stereocenters. The lowest BCUT2D eigenvalue weighted by molar-refractivity contribution is -0.156. The predicted octanol–water partition coefficient (Wildman–Crippen LogP) is 17.0. The lowest BCUT2D eigenvalue weighted by atomic mass is 10.0. The molecule has 0 bridgehead atoms. The zero-order valence-corrected chi connectivity index (χ0v) is 78.0. The third kappa shape index (κ3) is 54.0. The molecular weight excluding hydrogens is 1900 g/mol. The Morgan fingerprint density at radius 2 is 0.899 bits per heavy atom. The molecule has 4 aromatic rings. The van der Waals surface area contributed by atoms with Crippen LogP contribution in [-0.2, 0) is 89.1 Å². The van der Waals surface area contributed by atoms with Gasteiger partial charge in [-0.05, 0) is 200 Å². The van der Waals surface area contributed by atoms with Crippen LogP contribution in [0.3, 0.4) is 0 Å². The number of benzene rings is 4. The molecule has 2 aliphatic rings. The van der Waals surface area contributed by atoms with Crippen molar-refractivity contribution in [3.05, 3.63) is 144 Å². The molecule has 0 saturated carbocycles. The fourth-order valence-corrected chi connectivity index (χ4v) is 10.9. The number of imide groups is 2. The molecule has 109 heavy (non-hydrogen) atoms. The Hall–Kier alpha value is -4.47. The van der Waals surface area contributed by atoms with E-state index in [1.165, 1.54) is 34.1 Å². The van der Waals surface area contributed by atoms with Crippen molar-refractivity contribution < 1.29 is 97.8 Å². The van der Waals surface area contributed by atoms with Gasteiger partial charge in [0.15, 0.2) is 0 Å². The van der Waals surface area contributed by atoms with Crippen LogP contribution in [0.2, 0.25) is 0 Å². The first-order chi connectivity index (χ1) is 51.1. The quantitative estimate of drug-likeness (QED) is 0.00904. The summed E-state index contributed by atoms with van der Waals surface area (Å²) in [5, 5.41) is 25.5. The lowest BCUT2D eigenvalue weighted by Crippen LogP contribution is -2.43. The summed E-state index contributed by atoms with van der Waals surface area (Å²) >= 11 is 8.60. The number of hydrogen-bond acceptors (Lipinski definition) is 21. The third-order valence-corrected chi connectivity index (χ3v) is 17.1. The van der Waals surface area contributed by atoms with Crippen molar-refractivity contribution in [3.63, 3.8) is 0 Å². The third-order valence-electron chi connectivity index (χ3n) is 14.5. The van der Waals surface area contributed by atoms with E-state index in [9.17, 15) is 50.4 Å². The van der Waals surface area contributed by atoms with Gasteiger partial charge in [0.2, 0.25) is 11.8 Å². The number of amides is 4. The van der Waals surface area contributed by atoms with Crippen molar-refractivity contribution in [1.29, 1.82) is 0 Å². The van der Waals surface area contributed by atoms with Crippen molar-refractivity contribution in [2.45, 2.75) is 220 Å². The highest BCUT2D eigenvalue weighted by molar-refractivity contribution is 14.1. The smallest absolute Gasteiger partial charge is 0.416 e. The van der Waals surface area contributed by atoms with E-state index in [0.29, 0.717) is 63.9 Å². The van der Waals surface area contributed by atoms with Crippen LogP contribution in [0.1, 0.15) is 177 Å². The SMILES string of the molecule is C=CC(=O)OC(C)(C)C.CCC(=O)N1C(=O)OC[C@@H]1Cc1ccccc1.CI.CI.CI.CI.C[C@@H](CO)CCC(=O)OC(C)(C)C.C[C@@H](CO)CCCO.C[C@H](CCC(=O)OC(C)(C)C)C(=O)N1C(=O)OC[C@@H]1Cc1ccccc1.Cc1ccc(S(=O)(=O)OCCC[C@@H](C)COS(=O)(=O)c2ccc(C)cc2)cc1. The number of carbonyl (C=O) groups is 7. The van der Waals surface area contributed by atoms with Gasteiger partial charge in [-0.15, -0.1) is 0 Å². The number of hydrogen-bond donors (Lipinski definition) is 3. The van der Waals surface area contributed by atoms with E-state index in [4.69, 9.17) is 47.4 Å². The summed E-state index contributed by atoms with van der Waals surface area (Å²) in [4.78, 5) is 91.9. The minimum Gasteiger partial charge on any atom is -0.460 e. The highest BCUT2D eigenvalue weighted by Gasteiger charge is 2.40. The molecule has 2 saturated heterocycles. The minimum atomic E-state index is -3.79. The second-order valence-corrected chi connectivity index (χ2v) is 31.1. The Kier molecular flexibility index (Phi) is 63.0. The van der Waals surface area contributed by atoms with Gasteiger partial charge in [-0.2, -0.15) is 16.8 Å². The van der Waals surface area contributed by atoms with E-state index in [-0.39, 0.29) is 109 Å². The highest BCUT2D eigenvalue weighted by atomic mass is 127. The first-order valence-corrected chi connectivity index (χ1v) is 47.2. The van der Waals surface area contributed by atoms with E-state index < -0.39 is 55.1 Å². The Bertz CT molecular complexity index is 3370. The van der Waals surface area contributed by atoms with Gasteiger partial charge >= 0.3 is 30.1 Å². The molecule has 0 aromatic heterocycles. The molecule has 23 nitrogen and oxygen atoms in total. The van der Waals surface area contributed by atoms with Crippen LogP contribution < -0.4 is 0 Å². The maximum atomic E-state index is 12.7. The van der Waals surface area contributed by atoms with Crippen LogP contribution in [0.5, 0.6) is 0 Å². The summed E-state index contributed by atoms with van der Waals surface area (Å²) in [6.07, 6.45) is 5.87. The maximum Gasteiger partial charge on any atom is 0.416 e. The minimum absolute atomic E-state index is 0.0287. The van der Waals surface area contributed by atoms with Crippen molar-refractivity contribution in [1.82, 2.24) is 9.80 Å². The average molecular weight is 2020 g/mol. The Morgan fingerprint density at radius 3 is 1.27 bits per heavy atom. The van der Waals surface area contributed by atoms with Gasteiger partial charge in [-0.1, -0.05) is 228 Å². The van der Waals surface area contributed by atoms with Crippen LogP contribution in [0.4, 0.5) is 9.59 Å². The van der Waals surface area contributed by atoms with Gasteiger partial charge in [-0.25, -0.2) is 24.2 Å². The second kappa shape index (κ2) is 62.0. The van der Waals surface area contributed by atoms with Crippen molar-refractivity contribution >= 4 is 153 Å². The summed E-state index contributed by atoms with van der Waals surface area (Å²) in [5.74, 6) is -1.39. The van der Waals surface area contributed by atoms with Gasteiger partial charge in [0.1, 0.15) is 30.0 Å². The average Bonchev–Trinajstić information content (AvgIpc) is 1.83. The molecule has 0 radical (unpaired) electrons. The number of carbonyl (C=O) groups excluding carboxylic acids is 7. The number of aryl methyl sites for hydroxylation is 2. The van der Waals surface area contributed by atoms with Gasteiger partial charge in [-0.3, -0.25) is 27.5 Å². The van der Waals surface area contributed by atoms with Crippen LogP contribution in [0.25, 0.3) is 0 Å². The van der Waals surface area contributed by atoms with Crippen LogP contribution in [-0.4, -0.2) is 179 Å². The first kappa shape index (κ1) is 111. The largest absolute Gasteiger partial charge is 0.460 e. The molecule has 0 spiro atoms. The van der Waals surface area contributed by atoms with E-state index in [1.54, 1.807) is 58.9 Å². The molecule has 3 N–H and O–H groups in total. The van der Waals surface area contributed by atoms with Crippen LogP contribution >= 0.6 is 90.4 Å². The second-order valence-electron chi connectivity index (χ2n) is 27.9. The normalized spacial score (nSPS) is 14.6. The monoisotopic (exact) mass is 2020 g/mol. The number of rotatable bonds is 28. The first-order valence-electron chi connectivity index (χ1n) is 35.7. The molecule has 29 heteroatoms. The number of halogens is 4. The number of alkyl halides is 4. The number of aliphatic hydroxyl groups excluding tert-OH is 3. The Labute approximate surface area is 707 Å². The van der Waals surface area contributed by atoms with Gasteiger partial charge < -0.3 is 39.0 Å². The molecule has 4 amide bonds. The zero-order chi connectivity index (χ0) is 84.7. The van der Waals surface area contributed by atoms with Crippen LogP contribution in [0, 0.1) is 37.5 Å². The molecule has 6 atom stereocenters. The van der Waals surface area contributed by atoms with E-state index in [2.05, 4.69) is 96.9 Å². The highest BCUT2D eigenvalue weighted by Crippen LogP contribution is 2.24. The van der Waals surface area contributed by atoms with E-state index in [0.717, 1.165) is 41.2 Å². The van der Waals surface area contributed by atoms with E-state index >= 15 is 0 Å². The number of nitrogens with zero attached hydrogens (tertiary/aromatic N) is 2. The summed E-state index contributed by atoms with van der Waals surface area (Å²) in [5.41, 5.74) is 2.72. The van der Waals surface area contributed by atoms with Crippen molar-refractivity contribution in [2.24, 2.45) is 23.7 Å². The number of esters is 3. The van der Waals surface area contributed by atoms with Gasteiger partial charge in [0, 0.05) is 51.1 Å². The predicted molar refractivity (Wildman–Crippen MR) is 466 cm³/mol. The Morgan fingerprint density at radius 1 is 0.532 bits per heavy atom. The summed E-state index contributed by atoms with van der Waals surface area (Å²) < 4.78 is 83.9. The Balaban J connectivity index is -0.000000625. The summed E-state index contributed by atoms with van der Waals surface area (Å²) in [7, 11) is -7.57. The molecular formula is C80H126I4N2O21S2. The van der Waals surface area contributed by atoms with Crippen LogP contribution in [0.15, 0.2) is 132 Å². The molecule has 0 aliphatic carbocycles. The van der Waals surface area contributed by atoms with Crippen molar-refractivity contribution in [3.8, 4) is 0 Å². The maximum absolute atomic E-state index is 12.7. The fourth-order valence-electron chi connectivity index (χ4n) is 8.99. The summed E-state index contributed by atoms with van der Waals surface area (Å²) in [6.45, 7) is 33.7. The molecule has 2 aliphatic heterocycles. The number of cyclic esters (lactones) is 2. The van der Waals surface area contributed by atoms with E-state index in [1.807, 2.05) is 157 Å². The summed E-state index contributed by atoms with van der Waals surface area (Å²) in [6, 6.07) is 31.9. The van der Waals surface area contributed by atoms with Gasteiger partial charge in [0.05, 0.1) is 35.1 Å². The molecule has 6 rings (SSSR count). The molecule has 4 aromatic carbocycles. The molecule has 2 heterocycles. The number of ether oxygens (including phenoxy) is 5.